The molecule has 2 aliphatic heterocycles. The fourth-order valence-corrected chi connectivity index (χ4v) is 20.8. The molecule has 0 saturated carbocycles. The zero-order valence-electron chi connectivity index (χ0n) is 59.5. The Bertz CT molecular complexity index is 6560. The molecule has 0 unspecified atom stereocenters. The summed E-state index contributed by atoms with van der Waals surface area (Å²) in [4.78, 5) is 36.5. The monoisotopic (exact) mass is 1420 g/mol. The molecule has 0 atom stereocenters. The Morgan fingerprint density at radius 2 is 0.431 bits per heavy atom. The van der Waals surface area contributed by atoms with Crippen LogP contribution in [0, 0.1) is 0 Å². The molecule has 22 rings (SSSR count). The van der Waals surface area contributed by atoms with E-state index in [-0.39, 0.29) is 5.41 Å². The van der Waals surface area contributed by atoms with Gasteiger partial charge < -0.3 is 0 Å². The first kappa shape index (κ1) is 63.3. The Morgan fingerprint density at radius 3 is 0.862 bits per heavy atom. The van der Waals surface area contributed by atoms with Crippen LogP contribution in [0.15, 0.2) is 371 Å². The number of rotatable bonds is 9. The molecule has 8 heteroatoms. The van der Waals surface area contributed by atoms with Crippen molar-refractivity contribution < 1.29 is 0 Å². The van der Waals surface area contributed by atoms with Crippen LogP contribution >= 0.6 is 23.5 Å². The molecular weight excluding hydrogens is 1360 g/mol. The smallest absolute Gasteiger partial charge is 0.164 e. The SMILES string of the molecule is CC1(C)c2cc(-c3ccc(-c4nc(-c5ccccc5)nc(-c5cccc(-c6ccc7c(c6)Sc6ccccc6C76c7ccccc7-c7ccccc76)c5)n4)cc3)ccc2-c2ccc(-c3nc(-c4ccccc4)nc(-c4ccc(-c5ccc6c(c5)Sc5ccccc5C65c6ccccc6-c6ccccc65)cc4)n3)cc21. The van der Waals surface area contributed by atoms with Gasteiger partial charge in [-0.25, -0.2) is 29.9 Å². The summed E-state index contributed by atoms with van der Waals surface area (Å²) in [5.41, 5.74) is 31.9. The molecule has 5 aliphatic rings. The van der Waals surface area contributed by atoms with Crippen molar-refractivity contribution in [3.05, 3.63) is 407 Å². The minimum atomic E-state index is -0.434. The summed E-state index contributed by atoms with van der Waals surface area (Å²) < 4.78 is 0. The van der Waals surface area contributed by atoms with Gasteiger partial charge in [-0.05, 0) is 165 Å². The van der Waals surface area contributed by atoms with Crippen molar-refractivity contribution in [1.29, 1.82) is 0 Å². The molecule has 0 N–H and O–H groups in total. The van der Waals surface area contributed by atoms with E-state index in [4.69, 9.17) is 29.9 Å². The van der Waals surface area contributed by atoms with Crippen molar-refractivity contribution in [3.63, 3.8) is 0 Å². The average molecular weight is 1430 g/mol. The Balaban J connectivity index is 0.557. The number of hydrogen-bond acceptors (Lipinski definition) is 8. The fraction of sp³-hybridized carbons (Fsp3) is 0.0495. The molecule has 0 bridgehead atoms. The molecule has 2 aromatic heterocycles. The Labute approximate surface area is 641 Å². The minimum Gasteiger partial charge on any atom is -0.208 e. The zero-order chi connectivity index (χ0) is 72.1. The number of hydrogen-bond donors (Lipinski definition) is 0. The van der Waals surface area contributed by atoms with E-state index in [1.807, 2.05) is 59.9 Å². The molecule has 0 fully saturated rings. The van der Waals surface area contributed by atoms with Gasteiger partial charge in [-0.15, -0.1) is 0 Å². The van der Waals surface area contributed by atoms with Gasteiger partial charge in [0.2, 0.25) is 0 Å². The lowest BCUT2D eigenvalue weighted by molar-refractivity contribution is 0.661. The first-order valence-corrected chi connectivity index (χ1v) is 38.8. The van der Waals surface area contributed by atoms with Gasteiger partial charge in [-0.1, -0.05) is 347 Å². The normalized spacial score (nSPS) is 14.1. The second kappa shape index (κ2) is 24.5. The summed E-state index contributed by atoms with van der Waals surface area (Å²) >= 11 is 3.73. The Morgan fingerprint density at radius 1 is 0.174 bits per heavy atom. The third kappa shape index (κ3) is 9.71. The molecule has 6 nitrogen and oxygen atoms in total. The van der Waals surface area contributed by atoms with E-state index in [0.717, 1.165) is 66.8 Å². The van der Waals surface area contributed by atoms with E-state index in [0.29, 0.717) is 34.9 Å². The molecular formula is C101H64N6S2. The summed E-state index contributed by atoms with van der Waals surface area (Å²) in [5.74, 6) is 3.71. The number of benzene rings is 15. The third-order valence-corrected chi connectivity index (χ3v) is 25.6. The number of aromatic nitrogens is 6. The average Bonchev–Trinajstić information content (AvgIpc) is 1.60. The molecule has 3 aliphatic carbocycles. The molecule has 15 aromatic carbocycles. The molecule has 510 valence electrons. The van der Waals surface area contributed by atoms with Crippen LogP contribution in [0.3, 0.4) is 0 Å². The second-order valence-electron chi connectivity index (χ2n) is 29.5. The fourth-order valence-electron chi connectivity index (χ4n) is 18.3. The molecule has 0 radical (unpaired) electrons. The minimum absolute atomic E-state index is 0.342. The molecule has 0 saturated heterocycles. The van der Waals surface area contributed by atoms with Crippen LogP contribution in [0.25, 0.3) is 135 Å². The molecule has 17 aromatic rings. The molecule has 2 spiro atoms. The summed E-state index contributed by atoms with van der Waals surface area (Å²) in [7, 11) is 0. The highest BCUT2D eigenvalue weighted by atomic mass is 32.2. The van der Waals surface area contributed by atoms with Gasteiger partial charge in [-0.3, -0.25) is 0 Å². The molecule has 4 heterocycles. The van der Waals surface area contributed by atoms with Gasteiger partial charge in [0.25, 0.3) is 0 Å². The van der Waals surface area contributed by atoms with Gasteiger partial charge in [0.05, 0.1) is 10.8 Å². The van der Waals surface area contributed by atoms with Crippen molar-refractivity contribution in [1.82, 2.24) is 29.9 Å². The highest BCUT2D eigenvalue weighted by Gasteiger charge is 2.52. The first-order valence-electron chi connectivity index (χ1n) is 37.2. The van der Waals surface area contributed by atoms with Crippen LogP contribution in [0.5, 0.6) is 0 Å². The summed E-state index contributed by atoms with van der Waals surface area (Å²) in [6.45, 7) is 4.67. The van der Waals surface area contributed by atoms with E-state index < -0.39 is 10.8 Å². The van der Waals surface area contributed by atoms with Crippen molar-refractivity contribution >= 4 is 23.5 Å². The van der Waals surface area contributed by atoms with Crippen LogP contribution in [0.2, 0.25) is 0 Å². The maximum atomic E-state index is 5.32. The van der Waals surface area contributed by atoms with Gasteiger partial charge >= 0.3 is 0 Å². The number of fused-ring (bicyclic) bond motifs is 21. The molecule has 109 heavy (non-hydrogen) atoms. The van der Waals surface area contributed by atoms with Gasteiger partial charge in [-0.2, -0.15) is 0 Å². The predicted molar refractivity (Wildman–Crippen MR) is 443 cm³/mol. The number of nitrogens with zero attached hydrogens (tertiary/aromatic N) is 6. The quantitative estimate of drug-likeness (QED) is 0.141. The Kier molecular flexibility index (Phi) is 14.3. The lowest BCUT2D eigenvalue weighted by Gasteiger charge is -2.39. The van der Waals surface area contributed by atoms with Crippen molar-refractivity contribution in [3.8, 4) is 135 Å². The Hall–Kier alpha value is -13.0. The first-order chi connectivity index (χ1) is 53.7. The zero-order valence-corrected chi connectivity index (χ0v) is 61.1. The van der Waals surface area contributed by atoms with Crippen molar-refractivity contribution in [2.45, 2.75) is 49.7 Å². The maximum Gasteiger partial charge on any atom is 0.164 e. The van der Waals surface area contributed by atoms with Crippen LogP contribution < -0.4 is 0 Å². The van der Waals surface area contributed by atoms with Gasteiger partial charge in [0, 0.05) is 58.4 Å². The molecule has 0 amide bonds. The second-order valence-corrected chi connectivity index (χ2v) is 31.7. The summed E-state index contributed by atoms with van der Waals surface area (Å²) in [6, 6.07) is 128. The van der Waals surface area contributed by atoms with E-state index in [9.17, 15) is 0 Å². The van der Waals surface area contributed by atoms with E-state index in [1.165, 1.54) is 109 Å². The maximum absolute atomic E-state index is 5.32. The lowest BCUT2D eigenvalue weighted by Crippen LogP contribution is -2.31. The summed E-state index contributed by atoms with van der Waals surface area (Å²) in [5, 5.41) is 0. The van der Waals surface area contributed by atoms with Crippen LogP contribution in [-0.4, -0.2) is 29.9 Å². The standard InChI is InChI=1S/C101H64N6S2/c1-99(2)87-57-68(61-40-44-65(45-41-61)95-102-93(63-22-5-3-6-23-63)104-97(106-95)71-27-21-26-67(56-71)70-51-55-86-92(60-70)109-90-39-20-18-37-84(90)101(86)81-34-15-11-30-75(81)76-31-12-16-35-82(76)101)48-52-77(87)78-53-49-72(58-88(78)99)98-105-94(64-24-7-4-8-25-64)103-96(107-98)66-46-42-62(43-47-66)69-50-54-85-91(59-69)108-89-38-19-17-36-83(89)100(85)79-32-13-9-28-73(79)74-29-10-14-33-80(74)100/h3-60H,1-2H3. The van der Waals surface area contributed by atoms with Crippen LogP contribution in [-0.2, 0) is 16.2 Å². The van der Waals surface area contributed by atoms with Gasteiger partial charge in [0.1, 0.15) is 0 Å². The van der Waals surface area contributed by atoms with Gasteiger partial charge in [0.15, 0.2) is 34.9 Å². The summed E-state index contributed by atoms with van der Waals surface area (Å²) in [6.07, 6.45) is 0. The van der Waals surface area contributed by atoms with Crippen molar-refractivity contribution in [2.75, 3.05) is 0 Å². The highest BCUT2D eigenvalue weighted by molar-refractivity contribution is 7.99. The van der Waals surface area contributed by atoms with E-state index in [1.54, 1.807) is 0 Å². The van der Waals surface area contributed by atoms with E-state index >= 15 is 0 Å². The largest absolute Gasteiger partial charge is 0.208 e. The highest BCUT2D eigenvalue weighted by Crippen LogP contribution is 2.65. The topological polar surface area (TPSA) is 77.3 Å². The third-order valence-electron chi connectivity index (χ3n) is 23.4. The van der Waals surface area contributed by atoms with E-state index in [2.05, 4.69) is 329 Å². The lowest BCUT2D eigenvalue weighted by atomic mass is 9.67. The predicted octanol–water partition coefficient (Wildman–Crippen LogP) is 25.0. The van der Waals surface area contributed by atoms with Crippen molar-refractivity contribution in [2.24, 2.45) is 0 Å². The van der Waals surface area contributed by atoms with Crippen LogP contribution in [0.4, 0.5) is 0 Å². The van der Waals surface area contributed by atoms with Crippen LogP contribution in [0.1, 0.15) is 69.5 Å².